The van der Waals surface area contributed by atoms with Crippen molar-refractivity contribution in [2.45, 2.75) is 97.9 Å². The fraction of sp³-hybridized carbons (Fsp3) is 0.848. The van der Waals surface area contributed by atoms with Crippen molar-refractivity contribution in [3.8, 4) is 0 Å². The van der Waals surface area contributed by atoms with E-state index in [9.17, 15) is 9.59 Å². The van der Waals surface area contributed by atoms with Crippen LogP contribution in [-0.4, -0.2) is 73.7 Å². The number of oxime groups is 1. The Hall–Kier alpha value is -1.73. The topological polar surface area (TPSA) is 74.2 Å². The quantitative estimate of drug-likeness (QED) is 0.230. The fourth-order valence-corrected chi connectivity index (χ4v) is 9.67. The van der Waals surface area contributed by atoms with Gasteiger partial charge in [0.2, 0.25) is 0 Å². The molecule has 224 valence electrons. The molecule has 8 atom stereocenters. The van der Waals surface area contributed by atoms with Gasteiger partial charge in [0, 0.05) is 38.0 Å². The average molecular weight is 555 g/mol. The molecule has 1 N–H and O–H groups in total. The second kappa shape index (κ2) is 11.9. The van der Waals surface area contributed by atoms with E-state index < -0.39 is 0 Å². The van der Waals surface area contributed by atoms with Gasteiger partial charge in [-0.25, -0.2) is 4.79 Å². The van der Waals surface area contributed by atoms with E-state index in [1.165, 1.54) is 37.7 Å². The minimum Gasteiger partial charge on any atom is -0.314 e. The Morgan fingerprint density at radius 1 is 1.05 bits per heavy atom. The van der Waals surface area contributed by atoms with Crippen LogP contribution >= 0.6 is 0 Å². The Kier molecular flexibility index (Phi) is 8.83. The summed E-state index contributed by atoms with van der Waals surface area (Å²) in [6, 6.07) is 0.466. The van der Waals surface area contributed by atoms with Crippen LogP contribution < -0.4 is 5.32 Å². The number of fused-ring (bicyclic) bond motifs is 5. The molecule has 4 aliphatic carbocycles. The number of allylic oxidation sites excluding steroid dienone is 1. The first-order valence-corrected chi connectivity index (χ1v) is 16.2. The number of carbonyl (C=O) groups is 2. The molecule has 0 aromatic heterocycles. The number of hydrogen-bond acceptors (Lipinski definition) is 6. The summed E-state index contributed by atoms with van der Waals surface area (Å²) in [6.07, 6.45) is 12.7. The normalized spacial score (nSPS) is 39.4. The Labute approximate surface area is 242 Å². The highest BCUT2D eigenvalue weighted by molar-refractivity contribution is 5.91. The number of hydrogen-bond donors (Lipinski definition) is 1. The molecular formula is C33H54N4O3. The Morgan fingerprint density at radius 2 is 1.85 bits per heavy atom. The van der Waals surface area contributed by atoms with E-state index in [2.05, 4.69) is 43.1 Å². The molecule has 0 aromatic rings. The number of likely N-dealkylation sites (N-methyl/N-ethyl adjacent to an activating group) is 1. The molecule has 5 aliphatic rings. The van der Waals surface area contributed by atoms with Gasteiger partial charge in [-0.15, -0.1) is 0 Å². The van der Waals surface area contributed by atoms with E-state index >= 15 is 0 Å². The van der Waals surface area contributed by atoms with Crippen molar-refractivity contribution in [1.29, 1.82) is 0 Å². The van der Waals surface area contributed by atoms with Gasteiger partial charge >= 0.3 is 6.09 Å². The molecule has 40 heavy (non-hydrogen) atoms. The predicted molar refractivity (Wildman–Crippen MR) is 160 cm³/mol. The smallest absolute Gasteiger partial charge is 0.314 e. The first kappa shape index (κ1) is 29.8. The molecule has 2 unspecified atom stereocenters. The van der Waals surface area contributed by atoms with Crippen molar-refractivity contribution in [3.05, 3.63) is 11.6 Å². The number of ketones is 1. The highest BCUT2D eigenvalue weighted by Gasteiger charge is 2.59. The maximum absolute atomic E-state index is 13.2. The maximum Gasteiger partial charge on any atom is 0.436 e. The molecular weight excluding hydrogens is 500 g/mol. The fourth-order valence-electron chi connectivity index (χ4n) is 9.67. The van der Waals surface area contributed by atoms with Crippen molar-refractivity contribution < 1.29 is 14.4 Å². The highest BCUT2D eigenvalue weighted by Crippen LogP contribution is 2.66. The van der Waals surface area contributed by atoms with Crippen LogP contribution in [0.15, 0.2) is 16.8 Å². The van der Waals surface area contributed by atoms with E-state index in [0.29, 0.717) is 55.0 Å². The molecule has 1 saturated heterocycles. The molecule has 4 fully saturated rings. The van der Waals surface area contributed by atoms with E-state index in [-0.39, 0.29) is 16.9 Å². The van der Waals surface area contributed by atoms with Gasteiger partial charge in [0.15, 0.2) is 5.78 Å². The summed E-state index contributed by atoms with van der Waals surface area (Å²) in [5.41, 5.74) is 2.83. The Morgan fingerprint density at radius 3 is 2.58 bits per heavy atom. The van der Waals surface area contributed by atoms with E-state index in [1.54, 1.807) is 0 Å². The summed E-state index contributed by atoms with van der Waals surface area (Å²) in [6.45, 7) is 12.5. The summed E-state index contributed by atoms with van der Waals surface area (Å²) < 4.78 is 0. The Bertz CT molecular complexity index is 1020. The third kappa shape index (κ3) is 5.66. The molecule has 1 aliphatic heterocycles. The number of nitrogens with zero attached hydrogens (tertiary/aromatic N) is 3. The number of rotatable bonds is 8. The van der Waals surface area contributed by atoms with Crippen LogP contribution in [0.25, 0.3) is 0 Å². The molecule has 0 spiro atoms. The molecule has 1 heterocycles. The van der Waals surface area contributed by atoms with Crippen LogP contribution in [0.4, 0.5) is 4.79 Å². The first-order valence-electron chi connectivity index (χ1n) is 16.2. The summed E-state index contributed by atoms with van der Waals surface area (Å²) >= 11 is 0. The molecule has 0 aromatic carbocycles. The largest absolute Gasteiger partial charge is 0.436 e. The zero-order valence-corrected chi connectivity index (χ0v) is 26.0. The van der Waals surface area contributed by atoms with Gasteiger partial charge in [-0.05, 0) is 126 Å². The summed E-state index contributed by atoms with van der Waals surface area (Å²) in [5, 5.41) is 8.11. The SMILES string of the molecule is C/C(=N\OC(=O)N(CCC1NCCC1C)CCN(C)C)[C@H]1CC[C@H]2[C@@H]3CCC4=CC(=O)CC[C@]4(C)[C@H]3CC[C@]12C. The van der Waals surface area contributed by atoms with Gasteiger partial charge in [-0.1, -0.05) is 31.5 Å². The lowest BCUT2D eigenvalue weighted by molar-refractivity contribution is -0.117. The molecule has 0 bridgehead atoms. The Balaban J connectivity index is 1.23. The minimum atomic E-state index is -0.318. The monoisotopic (exact) mass is 554 g/mol. The predicted octanol–water partition coefficient (Wildman–Crippen LogP) is 5.90. The van der Waals surface area contributed by atoms with Crippen molar-refractivity contribution in [2.24, 2.45) is 45.6 Å². The van der Waals surface area contributed by atoms with Gasteiger partial charge in [0.1, 0.15) is 0 Å². The number of amides is 1. The zero-order valence-electron chi connectivity index (χ0n) is 26.0. The third-order valence-electron chi connectivity index (χ3n) is 12.2. The standard InChI is InChI=1S/C33H54N4O3/c1-22-13-17-34-30(22)14-18-37(20-19-36(5)6)31(39)40-35-23(2)27-9-10-28-26-8-7-24-21-25(38)11-15-32(24,3)29(26)12-16-33(27,28)4/h21-22,26-30,34H,7-20H2,1-6H3/b35-23+/t22?,26-,27+,28-,29-,30?,32-,33+/m0/s1. The molecule has 1 amide bonds. The number of nitrogens with one attached hydrogen (secondary N) is 1. The first-order chi connectivity index (χ1) is 19.0. The minimum absolute atomic E-state index is 0.205. The van der Waals surface area contributed by atoms with Gasteiger partial charge < -0.3 is 15.1 Å². The van der Waals surface area contributed by atoms with Gasteiger partial charge in [-0.2, -0.15) is 0 Å². The van der Waals surface area contributed by atoms with Gasteiger partial charge in [0.05, 0.1) is 5.71 Å². The van der Waals surface area contributed by atoms with Crippen LogP contribution in [0, 0.1) is 40.4 Å². The zero-order chi connectivity index (χ0) is 28.7. The summed E-state index contributed by atoms with van der Waals surface area (Å²) in [5.74, 6) is 3.44. The third-order valence-corrected chi connectivity index (χ3v) is 12.2. The van der Waals surface area contributed by atoms with Crippen LogP contribution in [0.5, 0.6) is 0 Å². The molecule has 3 saturated carbocycles. The maximum atomic E-state index is 13.2. The van der Waals surface area contributed by atoms with Crippen LogP contribution in [0.3, 0.4) is 0 Å². The van der Waals surface area contributed by atoms with Gasteiger partial charge in [-0.3, -0.25) is 9.63 Å². The lowest BCUT2D eigenvalue weighted by atomic mass is 9.46. The van der Waals surface area contributed by atoms with Crippen LogP contribution in [0.1, 0.15) is 91.9 Å². The summed E-state index contributed by atoms with van der Waals surface area (Å²) in [7, 11) is 4.08. The molecule has 5 rings (SSSR count). The molecule has 7 nitrogen and oxygen atoms in total. The second-order valence-corrected chi connectivity index (χ2v) is 14.6. The summed E-state index contributed by atoms with van der Waals surface area (Å²) in [4.78, 5) is 35.0. The second-order valence-electron chi connectivity index (χ2n) is 14.6. The van der Waals surface area contributed by atoms with Crippen LogP contribution in [-0.2, 0) is 9.63 Å². The van der Waals surface area contributed by atoms with Gasteiger partial charge in [0.25, 0.3) is 0 Å². The van der Waals surface area contributed by atoms with Crippen molar-refractivity contribution in [1.82, 2.24) is 15.1 Å². The van der Waals surface area contributed by atoms with E-state index in [1.807, 2.05) is 25.1 Å². The van der Waals surface area contributed by atoms with Crippen LogP contribution in [0.2, 0.25) is 0 Å². The average Bonchev–Trinajstić information content (AvgIpc) is 3.49. The van der Waals surface area contributed by atoms with E-state index in [4.69, 9.17) is 4.84 Å². The van der Waals surface area contributed by atoms with Crippen molar-refractivity contribution in [3.63, 3.8) is 0 Å². The van der Waals surface area contributed by atoms with E-state index in [0.717, 1.165) is 50.4 Å². The number of carbonyl (C=O) groups excluding carboxylic acids is 2. The lowest BCUT2D eigenvalue weighted by Gasteiger charge is -2.58. The van der Waals surface area contributed by atoms with Crippen molar-refractivity contribution in [2.75, 3.05) is 40.3 Å². The molecule has 7 heteroatoms. The molecule has 0 radical (unpaired) electrons. The van der Waals surface area contributed by atoms with Crippen molar-refractivity contribution >= 4 is 17.6 Å². The highest BCUT2D eigenvalue weighted by atomic mass is 16.7. The lowest BCUT2D eigenvalue weighted by Crippen LogP contribution is -2.51.